The number of thiophene rings is 1. The molecule has 0 saturated heterocycles. The van der Waals surface area contributed by atoms with E-state index in [1.807, 2.05) is 43.3 Å². The predicted octanol–water partition coefficient (Wildman–Crippen LogP) is 6.45. The van der Waals surface area contributed by atoms with Crippen LogP contribution in [0.25, 0.3) is 22.2 Å². The molecule has 4 rings (SSSR count). The number of hydrogen-bond donors (Lipinski definition) is 2. The maximum atomic E-state index is 12.5. The summed E-state index contributed by atoms with van der Waals surface area (Å²) in [7, 11) is 1.29. The van der Waals surface area contributed by atoms with Crippen LogP contribution >= 0.6 is 22.9 Å². The third-order valence-electron chi connectivity index (χ3n) is 4.73. The number of nitrogens with zero attached hydrogens (tertiary/aromatic N) is 1. The van der Waals surface area contributed by atoms with Crippen LogP contribution < -0.4 is 15.4 Å². The summed E-state index contributed by atoms with van der Waals surface area (Å²) in [4.78, 5) is 29.4. The highest BCUT2D eigenvalue weighted by Crippen LogP contribution is 2.33. The maximum Gasteiger partial charge on any atom is 0.350 e. The van der Waals surface area contributed by atoms with E-state index in [0.717, 1.165) is 16.6 Å². The number of ether oxygens (including phenoxy) is 2. The smallest absolute Gasteiger partial charge is 0.350 e. The van der Waals surface area contributed by atoms with E-state index in [2.05, 4.69) is 10.6 Å². The van der Waals surface area contributed by atoms with Crippen molar-refractivity contribution in [3.63, 3.8) is 0 Å². The number of esters is 1. The molecule has 2 aromatic heterocycles. The Morgan fingerprint density at radius 1 is 1.09 bits per heavy atom. The van der Waals surface area contributed by atoms with Crippen molar-refractivity contribution >= 4 is 57.2 Å². The van der Waals surface area contributed by atoms with Gasteiger partial charge in [0.2, 0.25) is 0 Å². The Bertz CT molecular complexity index is 1340. The molecule has 0 fully saturated rings. The molecule has 33 heavy (non-hydrogen) atoms. The minimum atomic E-state index is -0.506. The molecule has 4 aromatic rings. The van der Waals surface area contributed by atoms with E-state index in [-0.39, 0.29) is 0 Å². The molecular weight excluding hydrogens is 462 g/mol. The van der Waals surface area contributed by atoms with Gasteiger partial charge in [-0.25, -0.2) is 14.6 Å². The number of aromatic nitrogens is 1. The number of fused-ring (bicyclic) bond motifs is 1. The van der Waals surface area contributed by atoms with Crippen LogP contribution in [0.5, 0.6) is 5.75 Å². The van der Waals surface area contributed by atoms with E-state index in [1.165, 1.54) is 18.4 Å². The van der Waals surface area contributed by atoms with Crippen molar-refractivity contribution in [2.75, 3.05) is 24.4 Å². The predicted molar refractivity (Wildman–Crippen MR) is 132 cm³/mol. The lowest BCUT2D eigenvalue weighted by molar-refractivity contribution is 0.0607. The average Bonchev–Trinajstić information content (AvgIpc) is 3.26. The van der Waals surface area contributed by atoms with Crippen LogP contribution in [0.3, 0.4) is 0 Å². The zero-order chi connectivity index (χ0) is 23.4. The number of benzene rings is 2. The van der Waals surface area contributed by atoms with Gasteiger partial charge in [0.25, 0.3) is 0 Å². The lowest BCUT2D eigenvalue weighted by Gasteiger charge is -2.13. The SMILES string of the molecule is CCOc1cc(-c2cccc(Cl)c2)nc2ccc(NC(=O)Nc3ccsc3C(=O)OC)cc12. The van der Waals surface area contributed by atoms with Gasteiger partial charge in [0.1, 0.15) is 10.6 Å². The molecule has 0 aliphatic rings. The molecule has 0 saturated carbocycles. The van der Waals surface area contributed by atoms with Crippen molar-refractivity contribution in [3.8, 4) is 17.0 Å². The van der Waals surface area contributed by atoms with Gasteiger partial charge in [-0.1, -0.05) is 23.7 Å². The van der Waals surface area contributed by atoms with E-state index in [0.29, 0.717) is 39.1 Å². The Balaban J connectivity index is 1.61. The van der Waals surface area contributed by atoms with Crippen molar-refractivity contribution in [2.24, 2.45) is 0 Å². The third kappa shape index (κ3) is 5.08. The van der Waals surface area contributed by atoms with Crippen LogP contribution in [0, 0.1) is 0 Å². The normalized spacial score (nSPS) is 10.6. The van der Waals surface area contributed by atoms with Crippen molar-refractivity contribution in [1.29, 1.82) is 0 Å². The fourth-order valence-corrected chi connectivity index (χ4v) is 4.24. The summed E-state index contributed by atoms with van der Waals surface area (Å²) in [5, 5.41) is 8.54. The van der Waals surface area contributed by atoms with E-state index < -0.39 is 12.0 Å². The number of anilines is 2. The van der Waals surface area contributed by atoms with Gasteiger partial charge in [-0.2, -0.15) is 0 Å². The highest BCUT2D eigenvalue weighted by molar-refractivity contribution is 7.12. The van der Waals surface area contributed by atoms with Crippen LogP contribution in [-0.2, 0) is 4.74 Å². The zero-order valence-electron chi connectivity index (χ0n) is 17.8. The van der Waals surface area contributed by atoms with Crippen LogP contribution in [0.2, 0.25) is 5.02 Å². The minimum absolute atomic E-state index is 0.322. The monoisotopic (exact) mass is 481 g/mol. The Hall–Kier alpha value is -3.62. The number of pyridine rings is 1. The topological polar surface area (TPSA) is 89.5 Å². The summed E-state index contributed by atoms with van der Waals surface area (Å²) in [6, 6.07) is 15.8. The molecule has 2 aromatic carbocycles. The number of amides is 2. The molecule has 0 radical (unpaired) electrons. The Kier molecular flexibility index (Phi) is 6.76. The Morgan fingerprint density at radius 3 is 2.70 bits per heavy atom. The molecule has 9 heteroatoms. The molecule has 2 heterocycles. The molecule has 2 N–H and O–H groups in total. The third-order valence-corrected chi connectivity index (χ3v) is 5.86. The summed E-state index contributed by atoms with van der Waals surface area (Å²) in [6.45, 7) is 2.38. The molecule has 7 nitrogen and oxygen atoms in total. The quantitative estimate of drug-likeness (QED) is 0.309. The molecule has 2 amide bonds. The van der Waals surface area contributed by atoms with E-state index >= 15 is 0 Å². The summed E-state index contributed by atoms with van der Waals surface area (Å²) in [5.41, 5.74) is 3.26. The molecule has 0 unspecified atom stereocenters. The van der Waals surface area contributed by atoms with Gasteiger partial charge in [-0.05, 0) is 48.7 Å². The van der Waals surface area contributed by atoms with Gasteiger partial charge in [-0.15, -0.1) is 11.3 Å². The van der Waals surface area contributed by atoms with Gasteiger partial charge in [0.05, 0.1) is 30.6 Å². The van der Waals surface area contributed by atoms with Crippen LogP contribution in [0.4, 0.5) is 16.2 Å². The first-order chi connectivity index (χ1) is 16.0. The summed E-state index contributed by atoms with van der Waals surface area (Å²) in [5.74, 6) is 0.140. The average molecular weight is 482 g/mol. The molecule has 0 spiro atoms. The first kappa shape index (κ1) is 22.6. The summed E-state index contributed by atoms with van der Waals surface area (Å²) in [6.07, 6.45) is 0. The fraction of sp³-hybridized carbons (Fsp3) is 0.125. The molecule has 0 bridgehead atoms. The van der Waals surface area contributed by atoms with E-state index in [1.54, 1.807) is 23.6 Å². The number of carbonyl (C=O) groups excluding carboxylic acids is 2. The number of methoxy groups -OCH3 is 1. The maximum absolute atomic E-state index is 12.5. The van der Waals surface area contributed by atoms with Crippen molar-refractivity contribution in [2.45, 2.75) is 6.92 Å². The lowest BCUT2D eigenvalue weighted by Crippen LogP contribution is -2.20. The van der Waals surface area contributed by atoms with E-state index in [4.69, 9.17) is 26.1 Å². The number of urea groups is 1. The second-order valence-electron chi connectivity index (χ2n) is 6.92. The number of rotatable bonds is 6. The van der Waals surface area contributed by atoms with Gasteiger partial charge in [0.15, 0.2) is 0 Å². The van der Waals surface area contributed by atoms with E-state index in [9.17, 15) is 9.59 Å². The lowest BCUT2D eigenvalue weighted by atomic mass is 10.1. The van der Waals surface area contributed by atoms with Crippen molar-refractivity contribution < 1.29 is 19.1 Å². The summed E-state index contributed by atoms with van der Waals surface area (Å²) >= 11 is 7.33. The van der Waals surface area contributed by atoms with Gasteiger partial charge in [-0.3, -0.25) is 0 Å². The van der Waals surface area contributed by atoms with Gasteiger partial charge in [0, 0.05) is 27.7 Å². The minimum Gasteiger partial charge on any atom is -0.493 e. The second-order valence-corrected chi connectivity index (χ2v) is 8.27. The Morgan fingerprint density at radius 2 is 1.94 bits per heavy atom. The van der Waals surface area contributed by atoms with Crippen LogP contribution in [-0.4, -0.2) is 30.7 Å². The molecule has 0 atom stereocenters. The number of nitrogens with one attached hydrogen (secondary N) is 2. The highest BCUT2D eigenvalue weighted by atomic mass is 35.5. The van der Waals surface area contributed by atoms with Gasteiger partial charge < -0.3 is 20.1 Å². The van der Waals surface area contributed by atoms with Gasteiger partial charge >= 0.3 is 12.0 Å². The standard InChI is InChI=1S/C24H20ClN3O4S/c1-3-32-21-13-20(14-5-4-6-15(25)11-14)27-18-8-7-16(12-17(18)21)26-24(30)28-19-9-10-33-22(19)23(29)31-2/h4-13H,3H2,1-2H3,(H2,26,28,30). The highest BCUT2D eigenvalue weighted by Gasteiger charge is 2.16. The fourth-order valence-electron chi connectivity index (χ4n) is 3.29. The number of carbonyl (C=O) groups is 2. The largest absolute Gasteiger partial charge is 0.493 e. The van der Waals surface area contributed by atoms with Crippen LogP contribution in [0.1, 0.15) is 16.6 Å². The second kappa shape index (κ2) is 9.89. The van der Waals surface area contributed by atoms with Crippen LogP contribution in [0.15, 0.2) is 60.0 Å². The zero-order valence-corrected chi connectivity index (χ0v) is 19.4. The summed E-state index contributed by atoms with van der Waals surface area (Å²) < 4.78 is 10.6. The first-order valence-electron chi connectivity index (χ1n) is 10.1. The molecule has 0 aliphatic carbocycles. The molecule has 168 valence electrons. The first-order valence-corrected chi connectivity index (χ1v) is 11.3. The molecule has 0 aliphatic heterocycles. The Labute approximate surface area is 199 Å². The number of halogens is 1. The number of hydrogen-bond acceptors (Lipinski definition) is 6. The molecular formula is C24H20ClN3O4S. The van der Waals surface area contributed by atoms with Crippen molar-refractivity contribution in [3.05, 3.63) is 69.9 Å². The van der Waals surface area contributed by atoms with Crippen molar-refractivity contribution in [1.82, 2.24) is 4.98 Å².